The Morgan fingerprint density at radius 3 is 2.21 bits per heavy atom. The van der Waals surface area contributed by atoms with E-state index in [1.807, 2.05) is 0 Å². The number of hydrogen-bond acceptors (Lipinski definition) is 7. The Labute approximate surface area is 138 Å². The highest BCUT2D eigenvalue weighted by Crippen LogP contribution is 1.81. The molecule has 0 aromatic carbocycles. The molecule has 0 aromatic rings. The SMILES string of the molecule is [N-]=[N+]=NCCOCCOCCNC(=O)COCC(=O)NCC(=O)O. The topological polar surface area (TPSA) is 172 Å². The summed E-state index contributed by atoms with van der Waals surface area (Å²) in [7, 11) is 0. The third-order valence-corrected chi connectivity index (χ3v) is 2.24. The number of carboxylic acid groups (broad SMARTS) is 1. The Kier molecular flexibility index (Phi) is 13.9. The van der Waals surface area contributed by atoms with Crippen LogP contribution < -0.4 is 10.6 Å². The molecule has 0 saturated carbocycles. The quantitative estimate of drug-likeness (QED) is 0.142. The van der Waals surface area contributed by atoms with Gasteiger partial charge in [-0.3, -0.25) is 14.4 Å². The molecule has 0 saturated heterocycles. The van der Waals surface area contributed by atoms with Crippen LogP contribution in [0.4, 0.5) is 0 Å². The number of nitrogens with zero attached hydrogens (tertiary/aromatic N) is 3. The van der Waals surface area contributed by atoms with E-state index in [2.05, 4.69) is 20.7 Å². The van der Waals surface area contributed by atoms with Gasteiger partial charge >= 0.3 is 5.97 Å². The summed E-state index contributed by atoms with van der Waals surface area (Å²) >= 11 is 0. The lowest BCUT2D eigenvalue weighted by atomic mass is 10.5. The van der Waals surface area contributed by atoms with E-state index < -0.39 is 30.9 Å². The summed E-state index contributed by atoms with van der Waals surface area (Å²) in [5.74, 6) is -2.20. The Hall–Kier alpha value is -2.40. The van der Waals surface area contributed by atoms with Gasteiger partial charge in [-0.2, -0.15) is 0 Å². The minimum Gasteiger partial charge on any atom is -0.480 e. The molecule has 0 fully saturated rings. The molecule has 12 nitrogen and oxygen atoms in total. The van der Waals surface area contributed by atoms with Gasteiger partial charge in [0.1, 0.15) is 19.8 Å². The Bertz CT molecular complexity index is 440. The largest absolute Gasteiger partial charge is 0.480 e. The second-order valence-electron chi connectivity index (χ2n) is 4.19. The Morgan fingerprint density at radius 1 is 0.958 bits per heavy atom. The van der Waals surface area contributed by atoms with E-state index in [-0.39, 0.29) is 26.3 Å². The number of amides is 2. The van der Waals surface area contributed by atoms with E-state index in [4.69, 9.17) is 24.8 Å². The van der Waals surface area contributed by atoms with Gasteiger partial charge in [0.05, 0.1) is 26.4 Å². The molecule has 12 heteroatoms. The monoisotopic (exact) mass is 347 g/mol. The van der Waals surface area contributed by atoms with E-state index in [9.17, 15) is 14.4 Å². The summed E-state index contributed by atoms with van der Waals surface area (Å²) < 4.78 is 15.1. The first-order valence-electron chi connectivity index (χ1n) is 7.05. The number of aliphatic carboxylic acids is 1. The van der Waals surface area contributed by atoms with Crippen LogP contribution in [0.25, 0.3) is 10.4 Å². The van der Waals surface area contributed by atoms with Crippen LogP contribution in [-0.2, 0) is 28.6 Å². The molecule has 0 aromatic heterocycles. The lowest BCUT2D eigenvalue weighted by Crippen LogP contribution is -2.35. The van der Waals surface area contributed by atoms with Gasteiger partial charge in [-0.1, -0.05) is 5.11 Å². The van der Waals surface area contributed by atoms with Crippen LogP contribution in [0.3, 0.4) is 0 Å². The third kappa shape index (κ3) is 16.0. The smallest absolute Gasteiger partial charge is 0.322 e. The van der Waals surface area contributed by atoms with Crippen molar-refractivity contribution in [3.63, 3.8) is 0 Å². The summed E-state index contributed by atoms with van der Waals surface area (Å²) in [5.41, 5.74) is 8.03. The van der Waals surface area contributed by atoms with Crippen molar-refractivity contribution in [2.45, 2.75) is 0 Å². The van der Waals surface area contributed by atoms with Crippen molar-refractivity contribution in [2.75, 3.05) is 59.3 Å². The molecule has 0 aliphatic rings. The zero-order valence-corrected chi connectivity index (χ0v) is 13.1. The van der Waals surface area contributed by atoms with E-state index in [1.165, 1.54) is 0 Å². The molecule has 0 heterocycles. The van der Waals surface area contributed by atoms with Crippen LogP contribution in [0.5, 0.6) is 0 Å². The number of hydrogen-bond donors (Lipinski definition) is 3. The van der Waals surface area contributed by atoms with Gasteiger partial charge in [0.2, 0.25) is 11.8 Å². The minimum atomic E-state index is -1.16. The Morgan fingerprint density at radius 2 is 1.58 bits per heavy atom. The predicted molar refractivity (Wildman–Crippen MR) is 80.1 cm³/mol. The number of nitrogens with one attached hydrogen (secondary N) is 2. The minimum absolute atomic E-state index is 0.265. The molecule has 0 atom stereocenters. The van der Waals surface area contributed by atoms with Crippen LogP contribution in [0.1, 0.15) is 0 Å². The van der Waals surface area contributed by atoms with Gasteiger partial charge in [0.15, 0.2) is 0 Å². The Balaban J connectivity index is 3.36. The summed E-state index contributed by atoms with van der Waals surface area (Å²) in [6, 6.07) is 0. The zero-order valence-electron chi connectivity index (χ0n) is 13.1. The van der Waals surface area contributed by atoms with Crippen LogP contribution in [0.2, 0.25) is 0 Å². The second kappa shape index (κ2) is 15.5. The number of ether oxygens (including phenoxy) is 3. The van der Waals surface area contributed by atoms with Crippen LogP contribution >= 0.6 is 0 Å². The van der Waals surface area contributed by atoms with Gasteiger partial charge in [-0.25, -0.2) is 0 Å². The van der Waals surface area contributed by atoms with Crippen LogP contribution in [0.15, 0.2) is 5.11 Å². The maximum absolute atomic E-state index is 11.3. The fourth-order valence-corrected chi connectivity index (χ4v) is 1.25. The molecular formula is C12H21N5O7. The first kappa shape index (κ1) is 21.6. The van der Waals surface area contributed by atoms with E-state index in [0.29, 0.717) is 19.8 Å². The van der Waals surface area contributed by atoms with Gasteiger partial charge in [0.25, 0.3) is 0 Å². The summed E-state index contributed by atoms with van der Waals surface area (Å²) in [5, 5.41) is 16.2. The first-order valence-corrected chi connectivity index (χ1v) is 7.05. The molecule has 0 unspecified atom stereocenters. The van der Waals surface area contributed by atoms with Crippen LogP contribution in [-0.4, -0.2) is 82.2 Å². The van der Waals surface area contributed by atoms with Crippen LogP contribution in [0, 0.1) is 0 Å². The van der Waals surface area contributed by atoms with Gasteiger partial charge in [0, 0.05) is 18.0 Å². The molecule has 0 aliphatic heterocycles. The van der Waals surface area contributed by atoms with E-state index in [0.717, 1.165) is 0 Å². The number of carboxylic acids is 1. The highest BCUT2D eigenvalue weighted by Gasteiger charge is 2.06. The number of carbonyl (C=O) groups excluding carboxylic acids is 2. The maximum atomic E-state index is 11.3. The highest BCUT2D eigenvalue weighted by atomic mass is 16.5. The van der Waals surface area contributed by atoms with Crippen molar-refractivity contribution >= 4 is 17.8 Å². The molecular weight excluding hydrogens is 326 g/mol. The number of azide groups is 1. The third-order valence-electron chi connectivity index (χ3n) is 2.24. The molecule has 136 valence electrons. The van der Waals surface area contributed by atoms with Crippen molar-refractivity contribution in [1.82, 2.24) is 10.6 Å². The van der Waals surface area contributed by atoms with Crippen molar-refractivity contribution in [2.24, 2.45) is 5.11 Å². The molecule has 24 heavy (non-hydrogen) atoms. The average molecular weight is 347 g/mol. The van der Waals surface area contributed by atoms with Crippen molar-refractivity contribution in [3.8, 4) is 0 Å². The summed E-state index contributed by atoms with van der Waals surface area (Å²) in [6.45, 7) is 0.614. The number of carbonyl (C=O) groups is 3. The molecule has 0 aliphatic carbocycles. The molecule has 0 spiro atoms. The van der Waals surface area contributed by atoms with E-state index >= 15 is 0 Å². The van der Waals surface area contributed by atoms with Gasteiger partial charge < -0.3 is 30.0 Å². The number of rotatable bonds is 15. The lowest BCUT2D eigenvalue weighted by molar-refractivity contribution is -0.139. The molecule has 0 bridgehead atoms. The standard InChI is InChI=1S/C12H21N5O7/c13-17-16-2-4-23-6-5-22-3-1-14-10(18)8-24-9-11(19)15-7-12(20)21/h1-9H2,(H,14,18)(H,15,19)(H,20,21). The first-order chi connectivity index (χ1) is 11.6. The molecule has 3 N–H and O–H groups in total. The molecule has 2 amide bonds. The predicted octanol–water partition coefficient (Wildman–Crippen LogP) is -1.34. The molecule has 0 rings (SSSR count). The average Bonchev–Trinajstić information content (AvgIpc) is 2.54. The van der Waals surface area contributed by atoms with E-state index in [1.54, 1.807) is 0 Å². The highest BCUT2D eigenvalue weighted by molar-refractivity contribution is 5.82. The van der Waals surface area contributed by atoms with Gasteiger partial charge in [-0.15, -0.1) is 0 Å². The lowest BCUT2D eigenvalue weighted by Gasteiger charge is -2.07. The fourth-order valence-electron chi connectivity index (χ4n) is 1.25. The van der Waals surface area contributed by atoms with Gasteiger partial charge in [-0.05, 0) is 5.53 Å². The van der Waals surface area contributed by atoms with Crippen molar-refractivity contribution in [3.05, 3.63) is 10.4 Å². The van der Waals surface area contributed by atoms with Crippen molar-refractivity contribution in [1.29, 1.82) is 0 Å². The van der Waals surface area contributed by atoms with Crippen molar-refractivity contribution < 1.29 is 33.7 Å². The molecule has 0 radical (unpaired) electrons. The fraction of sp³-hybridized carbons (Fsp3) is 0.750. The second-order valence-corrected chi connectivity index (χ2v) is 4.19. The maximum Gasteiger partial charge on any atom is 0.322 e. The summed E-state index contributed by atoms with van der Waals surface area (Å²) in [4.78, 5) is 35.2. The normalized spacial score (nSPS) is 9.83. The zero-order chi connectivity index (χ0) is 18.0. The summed E-state index contributed by atoms with van der Waals surface area (Å²) in [6.07, 6.45) is 0.